The highest BCUT2D eigenvalue weighted by atomic mass is 16.5. The van der Waals surface area contributed by atoms with Crippen LogP contribution in [0.3, 0.4) is 0 Å². The second-order valence-corrected chi connectivity index (χ2v) is 2.84. The molecule has 0 saturated heterocycles. The van der Waals surface area contributed by atoms with Crippen molar-refractivity contribution in [3.8, 4) is 11.5 Å². The molecule has 0 radical (unpaired) electrons. The molecule has 0 bridgehead atoms. The maximum Gasteiger partial charge on any atom is 0.165 e. The molecular formula is C11H12O3. The first kappa shape index (κ1) is 10.3. The molecule has 3 nitrogen and oxygen atoms in total. The van der Waals surface area contributed by atoms with Gasteiger partial charge in [-0.1, -0.05) is 12.1 Å². The number of hydrogen-bond acceptors (Lipinski definition) is 3. The highest BCUT2D eigenvalue weighted by molar-refractivity contribution is 5.92. The van der Waals surface area contributed by atoms with Gasteiger partial charge in [-0.15, -0.1) is 0 Å². The van der Waals surface area contributed by atoms with Crippen molar-refractivity contribution in [2.24, 2.45) is 0 Å². The third-order valence-corrected chi connectivity index (χ3v) is 1.75. The maximum absolute atomic E-state index is 10.7. The van der Waals surface area contributed by atoms with Crippen LogP contribution in [0.25, 0.3) is 6.08 Å². The Kier molecular flexibility index (Phi) is 3.29. The molecule has 14 heavy (non-hydrogen) atoms. The van der Waals surface area contributed by atoms with E-state index in [1.165, 1.54) is 20.1 Å². The zero-order chi connectivity index (χ0) is 10.6. The number of phenols is 1. The van der Waals surface area contributed by atoms with Crippen molar-refractivity contribution in [2.45, 2.75) is 6.92 Å². The summed E-state index contributed by atoms with van der Waals surface area (Å²) < 4.78 is 4.92. The van der Waals surface area contributed by atoms with Crippen LogP contribution < -0.4 is 4.74 Å². The maximum atomic E-state index is 10.7. The highest BCUT2D eigenvalue weighted by Gasteiger charge is 2.03. The van der Waals surface area contributed by atoms with Crippen LogP contribution in [-0.4, -0.2) is 18.0 Å². The molecule has 0 aromatic heterocycles. The molecule has 1 N–H and O–H groups in total. The molecule has 1 aromatic rings. The van der Waals surface area contributed by atoms with E-state index in [1.54, 1.807) is 24.3 Å². The Balaban J connectivity index is 3.03. The van der Waals surface area contributed by atoms with Gasteiger partial charge in [0.15, 0.2) is 17.3 Å². The number of carbonyl (C=O) groups is 1. The normalized spacial score (nSPS) is 10.4. The van der Waals surface area contributed by atoms with Gasteiger partial charge in [0.25, 0.3) is 0 Å². The predicted octanol–water partition coefficient (Wildman–Crippen LogP) is 2.00. The average molecular weight is 192 g/mol. The average Bonchev–Trinajstić information content (AvgIpc) is 2.16. The SMILES string of the molecule is COc1cccc(/C=C/C(C)=O)c1O. The van der Waals surface area contributed by atoms with Crippen LogP contribution in [0.15, 0.2) is 24.3 Å². The highest BCUT2D eigenvalue weighted by Crippen LogP contribution is 2.29. The number of ether oxygens (including phenoxy) is 1. The molecule has 0 heterocycles. The van der Waals surface area contributed by atoms with Crippen LogP contribution in [0.1, 0.15) is 12.5 Å². The van der Waals surface area contributed by atoms with Crippen LogP contribution in [0, 0.1) is 0 Å². The summed E-state index contributed by atoms with van der Waals surface area (Å²) in [5.41, 5.74) is 0.569. The predicted molar refractivity (Wildman–Crippen MR) is 54.4 cm³/mol. The van der Waals surface area contributed by atoms with E-state index in [2.05, 4.69) is 0 Å². The topological polar surface area (TPSA) is 46.5 Å². The third-order valence-electron chi connectivity index (χ3n) is 1.75. The minimum absolute atomic E-state index is 0.0486. The molecule has 1 aromatic carbocycles. The monoisotopic (exact) mass is 192 g/mol. The first-order valence-electron chi connectivity index (χ1n) is 4.19. The number of allylic oxidation sites excluding steroid dienone is 1. The van der Waals surface area contributed by atoms with Crippen LogP contribution in [-0.2, 0) is 4.79 Å². The van der Waals surface area contributed by atoms with E-state index >= 15 is 0 Å². The van der Waals surface area contributed by atoms with Gasteiger partial charge in [0.2, 0.25) is 0 Å². The van der Waals surface area contributed by atoms with Crippen molar-refractivity contribution >= 4 is 11.9 Å². The molecule has 74 valence electrons. The van der Waals surface area contributed by atoms with Crippen LogP contribution >= 0.6 is 0 Å². The Labute approximate surface area is 82.6 Å². The zero-order valence-electron chi connectivity index (χ0n) is 8.15. The number of methoxy groups -OCH3 is 1. The van der Waals surface area contributed by atoms with E-state index < -0.39 is 0 Å². The van der Waals surface area contributed by atoms with Gasteiger partial charge in [0, 0.05) is 5.56 Å². The summed E-state index contributed by atoms with van der Waals surface area (Å²) in [6, 6.07) is 5.11. The number of rotatable bonds is 3. The minimum Gasteiger partial charge on any atom is -0.504 e. The molecule has 0 spiro atoms. The first-order chi connectivity index (χ1) is 6.65. The van der Waals surface area contributed by atoms with E-state index in [4.69, 9.17) is 4.74 Å². The summed E-state index contributed by atoms with van der Waals surface area (Å²) in [7, 11) is 1.48. The van der Waals surface area contributed by atoms with Gasteiger partial charge in [-0.25, -0.2) is 0 Å². The Morgan fingerprint density at radius 3 is 2.79 bits per heavy atom. The minimum atomic E-state index is -0.0628. The van der Waals surface area contributed by atoms with E-state index in [9.17, 15) is 9.90 Å². The Morgan fingerprint density at radius 1 is 1.50 bits per heavy atom. The summed E-state index contributed by atoms with van der Waals surface area (Å²) in [5, 5.41) is 9.61. The summed E-state index contributed by atoms with van der Waals surface area (Å²) in [6.45, 7) is 1.45. The largest absolute Gasteiger partial charge is 0.504 e. The van der Waals surface area contributed by atoms with Crippen molar-refractivity contribution in [1.29, 1.82) is 0 Å². The molecule has 0 atom stereocenters. The third kappa shape index (κ3) is 2.36. The fraction of sp³-hybridized carbons (Fsp3) is 0.182. The van der Waals surface area contributed by atoms with Gasteiger partial charge >= 0.3 is 0 Å². The second kappa shape index (κ2) is 4.46. The van der Waals surface area contributed by atoms with Crippen LogP contribution in [0.4, 0.5) is 0 Å². The van der Waals surface area contributed by atoms with E-state index in [1.807, 2.05) is 0 Å². The molecule has 1 rings (SSSR count). The van der Waals surface area contributed by atoms with Crippen molar-refractivity contribution in [1.82, 2.24) is 0 Å². The Hall–Kier alpha value is -1.77. The number of carbonyl (C=O) groups excluding carboxylic acids is 1. The molecule has 0 aliphatic rings. The molecule has 0 unspecified atom stereocenters. The Morgan fingerprint density at radius 2 is 2.21 bits per heavy atom. The van der Waals surface area contributed by atoms with Gasteiger partial charge in [0.1, 0.15) is 0 Å². The molecule has 0 aliphatic carbocycles. The van der Waals surface area contributed by atoms with Gasteiger partial charge in [-0.05, 0) is 25.1 Å². The van der Waals surface area contributed by atoms with Crippen molar-refractivity contribution in [3.63, 3.8) is 0 Å². The number of para-hydroxylation sites is 1. The lowest BCUT2D eigenvalue weighted by molar-refractivity contribution is -0.112. The van der Waals surface area contributed by atoms with E-state index in [0.717, 1.165) is 0 Å². The molecular weight excluding hydrogens is 180 g/mol. The summed E-state index contributed by atoms with van der Waals surface area (Å²) in [4.78, 5) is 10.7. The van der Waals surface area contributed by atoms with Gasteiger partial charge in [-0.2, -0.15) is 0 Å². The first-order valence-corrected chi connectivity index (χ1v) is 4.19. The second-order valence-electron chi connectivity index (χ2n) is 2.84. The van der Waals surface area contributed by atoms with Crippen molar-refractivity contribution < 1.29 is 14.6 Å². The number of phenolic OH excluding ortho intramolecular Hbond substituents is 1. The fourth-order valence-corrected chi connectivity index (χ4v) is 1.05. The summed E-state index contributed by atoms with van der Waals surface area (Å²) >= 11 is 0. The molecule has 0 fully saturated rings. The molecule has 0 saturated carbocycles. The smallest absolute Gasteiger partial charge is 0.165 e. The molecule has 0 aliphatic heterocycles. The Bertz CT molecular complexity index is 367. The number of ketones is 1. The van der Waals surface area contributed by atoms with Crippen molar-refractivity contribution in [3.05, 3.63) is 29.8 Å². The van der Waals surface area contributed by atoms with Crippen LogP contribution in [0.5, 0.6) is 11.5 Å². The molecule has 3 heteroatoms. The number of aromatic hydroxyl groups is 1. The standard InChI is InChI=1S/C11H12O3/c1-8(12)6-7-9-4-3-5-10(14-2)11(9)13/h3-7,13H,1-2H3/b7-6+. The molecule has 0 amide bonds. The van der Waals surface area contributed by atoms with Gasteiger partial charge in [0.05, 0.1) is 7.11 Å². The lowest BCUT2D eigenvalue weighted by atomic mass is 10.1. The lowest BCUT2D eigenvalue weighted by Gasteiger charge is -2.04. The lowest BCUT2D eigenvalue weighted by Crippen LogP contribution is -1.86. The summed E-state index contributed by atoms with van der Waals surface area (Å²) in [6.07, 6.45) is 2.95. The number of benzene rings is 1. The fourth-order valence-electron chi connectivity index (χ4n) is 1.05. The van der Waals surface area contributed by atoms with Crippen LogP contribution in [0.2, 0.25) is 0 Å². The number of hydrogen-bond donors (Lipinski definition) is 1. The zero-order valence-corrected chi connectivity index (χ0v) is 8.15. The van der Waals surface area contributed by atoms with Gasteiger partial charge in [-0.3, -0.25) is 4.79 Å². The summed E-state index contributed by atoms with van der Waals surface area (Å²) in [5.74, 6) is 0.385. The van der Waals surface area contributed by atoms with E-state index in [-0.39, 0.29) is 11.5 Å². The van der Waals surface area contributed by atoms with E-state index in [0.29, 0.717) is 11.3 Å². The quantitative estimate of drug-likeness (QED) is 0.745. The van der Waals surface area contributed by atoms with Crippen molar-refractivity contribution in [2.75, 3.05) is 7.11 Å². The van der Waals surface area contributed by atoms with Gasteiger partial charge < -0.3 is 9.84 Å².